The molecule has 2 aliphatic heterocycles. The largest absolute Gasteiger partial charge is 0.454 e. The van der Waals surface area contributed by atoms with E-state index >= 15 is 0 Å². The summed E-state index contributed by atoms with van der Waals surface area (Å²) in [4.78, 5) is 24.8. The second-order valence-electron chi connectivity index (χ2n) is 5.07. The molecule has 7 heteroatoms. The van der Waals surface area contributed by atoms with Gasteiger partial charge in [-0.3, -0.25) is 9.59 Å². The maximum absolute atomic E-state index is 12.4. The normalized spacial score (nSPS) is 14.9. The molecule has 2 heterocycles. The summed E-state index contributed by atoms with van der Waals surface area (Å²) in [6, 6.07) is 10.5. The Hall–Kier alpha value is -2.67. The fourth-order valence-corrected chi connectivity index (χ4v) is 3.19. The highest BCUT2D eigenvalue weighted by atomic mass is 32.2. The van der Waals surface area contributed by atoms with Crippen molar-refractivity contribution in [3.8, 4) is 11.5 Å². The quantitative estimate of drug-likeness (QED) is 0.886. The van der Waals surface area contributed by atoms with Gasteiger partial charge in [0.15, 0.2) is 11.5 Å². The van der Waals surface area contributed by atoms with Gasteiger partial charge in [-0.2, -0.15) is 0 Å². The Labute approximate surface area is 136 Å². The molecule has 2 aromatic rings. The van der Waals surface area contributed by atoms with Crippen molar-refractivity contribution in [1.82, 2.24) is 0 Å². The van der Waals surface area contributed by atoms with Crippen molar-refractivity contribution in [2.24, 2.45) is 0 Å². The van der Waals surface area contributed by atoms with Crippen LogP contribution in [0.15, 0.2) is 41.3 Å². The highest BCUT2D eigenvalue weighted by Gasteiger charge is 2.18. The molecule has 2 amide bonds. The van der Waals surface area contributed by atoms with E-state index in [4.69, 9.17) is 9.47 Å². The van der Waals surface area contributed by atoms with Gasteiger partial charge in [0.2, 0.25) is 12.7 Å². The Bertz CT molecular complexity index is 822. The SMILES string of the molecule is O=C1CSc2ccc(C(=O)Nc3ccc4c(c3)OCO4)cc2N1. The van der Waals surface area contributed by atoms with Crippen LogP contribution in [0.3, 0.4) is 0 Å². The molecule has 0 fully saturated rings. The molecule has 23 heavy (non-hydrogen) atoms. The number of carbonyl (C=O) groups excluding carboxylic acids is 2. The second-order valence-corrected chi connectivity index (χ2v) is 6.09. The molecule has 0 atom stereocenters. The average Bonchev–Trinajstić information content (AvgIpc) is 3.01. The topological polar surface area (TPSA) is 76.7 Å². The molecule has 0 spiro atoms. The van der Waals surface area contributed by atoms with Crippen LogP contribution in [0.5, 0.6) is 11.5 Å². The minimum Gasteiger partial charge on any atom is -0.454 e. The van der Waals surface area contributed by atoms with Crippen LogP contribution in [0.1, 0.15) is 10.4 Å². The molecule has 0 radical (unpaired) electrons. The van der Waals surface area contributed by atoms with E-state index in [9.17, 15) is 9.59 Å². The van der Waals surface area contributed by atoms with Crippen molar-refractivity contribution >= 4 is 35.0 Å². The van der Waals surface area contributed by atoms with Crippen LogP contribution in [0.4, 0.5) is 11.4 Å². The highest BCUT2D eigenvalue weighted by molar-refractivity contribution is 8.00. The summed E-state index contributed by atoms with van der Waals surface area (Å²) >= 11 is 1.46. The minimum absolute atomic E-state index is 0.0594. The van der Waals surface area contributed by atoms with E-state index in [0.29, 0.717) is 34.2 Å². The number of amides is 2. The Morgan fingerprint density at radius 3 is 2.91 bits per heavy atom. The van der Waals surface area contributed by atoms with Crippen molar-refractivity contribution in [2.75, 3.05) is 23.2 Å². The zero-order valence-electron chi connectivity index (χ0n) is 11.9. The number of rotatable bonds is 2. The lowest BCUT2D eigenvalue weighted by Gasteiger charge is -2.17. The lowest BCUT2D eigenvalue weighted by molar-refractivity contribution is -0.113. The standard InChI is InChI=1S/C16H12N2O4S/c19-15-7-23-14-4-1-9(5-11(14)18-15)16(20)17-10-2-3-12-13(6-10)22-8-21-12/h1-6H,7-8H2,(H,17,20)(H,18,19). The first-order valence-corrected chi connectivity index (χ1v) is 7.95. The van der Waals surface area contributed by atoms with Crippen molar-refractivity contribution in [1.29, 1.82) is 0 Å². The van der Waals surface area contributed by atoms with E-state index in [1.807, 2.05) is 6.07 Å². The van der Waals surface area contributed by atoms with Crippen molar-refractivity contribution < 1.29 is 19.1 Å². The van der Waals surface area contributed by atoms with Crippen LogP contribution in [-0.4, -0.2) is 24.4 Å². The van der Waals surface area contributed by atoms with Gasteiger partial charge in [-0.15, -0.1) is 11.8 Å². The van der Waals surface area contributed by atoms with Crippen molar-refractivity contribution in [3.05, 3.63) is 42.0 Å². The molecule has 6 nitrogen and oxygen atoms in total. The summed E-state index contributed by atoms with van der Waals surface area (Å²) in [5, 5.41) is 5.59. The Balaban J connectivity index is 1.55. The van der Waals surface area contributed by atoms with Gasteiger partial charge in [0.05, 0.1) is 11.4 Å². The minimum atomic E-state index is -0.253. The predicted molar refractivity (Wildman–Crippen MR) is 86.3 cm³/mol. The number of nitrogens with one attached hydrogen (secondary N) is 2. The molecular formula is C16H12N2O4S. The summed E-state index contributed by atoms with van der Waals surface area (Å²) in [5.41, 5.74) is 1.77. The second kappa shape index (κ2) is 5.51. The fraction of sp³-hybridized carbons (Fsp3) is 0.125. The van der Waals surface area contributed by atoms with Crippen molar-refractivity contribution in [2.45, 2.75) is 4.90 Å². The third-order valence-corrected chi connectivity index (χ3v) is 4.58. The van der Waals surface area contributed by atoms with E-state index in [-0.39, 0.29) is 18.6 Å². The summed E-state index contributed by atoms with van der Waals surface area (Å²) in [6.07, 6.45) is 0. The molecule has 2 aliphatic rings. The van der Waals surface area contributed by atoms with E-state index in [0.717, 1.165) is 4.90 Å². The summed E-state index contributed by atoms with van der Waals surface area (Å²) < 4.78 is 10.5. The summed E-state index contributed by atoms with van der Waals surface area (Å²) in [6.45, 7) is 0.189. The van der Waals surface area contributed by atoms with Crippen LogP contribution in [0, 0.1) is 0 Å². The van der Waals surface area contributed by atoms with Gasteiger partial charge in [-0.1, -0.05) is 0 Å². The van der Waals surface area contributed by atoms with Crippen LogP contribution in [0.25, 0.3) is 0 Å². The molecule has 0 saturated heterocycles. The third-order valence-electron chi connectivity index (χ3n) is 3.51. The van der Waals surface area contributed by atoms with Crippen LogP contribution in [-0.2, 0) is 4.79 Å². The molecule has 0 saturated carbocycles. The fourth-order valence-electron chi connectivity index (χ4n) is 2.40. The number of carbonyl (C=O) groups is 2. The van der Waals surface area contributed by atoms with Gasteiger partial charge in [0.25, 0.3) is 5.91 Å². The molecular weight excluding hydrogens is 316 g/mol. The van der Waals surface area contributed by atoms with Crippen molar-refractivity contribution in [3.63, 3.8) is 0 Å². The highest BCUT2D eigenvalue weighted by Crippen LogP contribution is 2.35. The Kier molecular flexibility index (Phi) is 3.34. The van der Waals surface area contributed by atoms with Gasteiger partial charge in [0.1, 0.15) is 0 Å². The van der Waals surface area contributed by atoms with Gasteiger partial charge >= 0.3 is 0 Å². The molecule has 2 N–H and O–H groups in total. The first-order valence-electron chi connectivity index (χ1n) is 6.97. The zero-order valence-corrected chi connectivity index (χ0v) is 12.7. The smallest absolute Gasteiger partial charge is 0.255 e. The predicted octanol–water partition coefficient (Wildman–Crippen LogP) is 2.71. The van der Waals surface area contributed by atoms with E-state index in [1.165, 1.54) is 11.8 Å². The first-order chi connectivity index (χ1) is 11.2. The molecule has 116 valence electrons. The van der Waals surface area contributed by atoms with Crippen LogP contribution >= 0.6 is 11.8 Å². The maximum atomic E-state index is 12.4. The monoisotopic (exact) mass is 328 g/mol. The summed E-state index contributed by atoms with van der Waals surface area (Å²) in [5.74, 6) is 1.36. The van der Waals surface area contributed by atoms with Crippen LogP contribution in [0.2, 0.25) is 0 Å². The molecule has 0 unspecified atom stereocenters. The number of thioether (sulfide) groups is 1. The number of hydrogen-bond acceptors (Lipinski definition) is 5. The number of fused-ring (bicyclic) bond motifs is 2. The lowest BCUT2D eigenvalue weighted by atomic mass is 10.1. The number of benzene rings is 2. The number of anilines is 2. The molecule has 4 rings (SSSR count). The van der Waals surface area contributed by atoms with E-state index in [1.54, 1.807) is 30.3 Å². The molecule has 0 aromatic heterocycles. The maximum Gasteiger partial charge on any atom is 0.255 e. The Morgan fingerprint density at radius 1 is 1.13 bits per heavy atom. The average molecular weight is 328 g/mol. The van der Waals surface area contributed by atoms with Gasteiger partial charge < -0.3 is 20.1 Å². The van der Waals surface area contributed by atoms with E-state index < -0.39 is 0 Å². The summed E-state index contributed by atoms with van der Waals surface area (Å²) in [7, 11) is 0. The first kappa shape index (κ1) is 14.0. The number of hydrogen-bond donors (Lipinski definition) is 2. The lowest BCUT2D eigenvalue weighted by Crippen LogP contribution is -2.19. The zero-order chi connectivity index (χ0) is 15.8. The third kappa shape index (κ3) is 2.70. The van der Waals surface area contributed by atoms with E-state index in [2.05, 4.69) is 10.6 Å². The van der Waals surface area contributed by atoms with Gasteiger partial charge in [-0.05, 0) is 30.3 Å². The van der Waals surface area contributed by atoms with Gasteiger partial charge in [-0.25, -0.2) is 0 Å². The number of ether oxygens (including phenoxy) is 2. The molecule has 2 aromatic carbocycles. The Morgan fingerprint density at radius 2 is 2.00 bits per heavy atom. The van der Waals surface area contributed by atoms with Gasteiger partial charge in [0, 0.05) is 22.2 Å². The molecule has 0 aliphatic carbocycles. The van der Waals surface area contributed by atoms with Crippen LogP contribution < -0.4 is 20.1 Å². The molecule has 0 bridgehead atoms.